The standard InChI is InChI=1S/C10H15ClN2O4S/c1-17-6-5-13-8-9(2-3-10(13)14)12-18(15,16)7-4-11/h2-3,8,12H,4-7H2,1H3. The fraction of sp³-hybridized carbons (Fsp3) is 0.500. The molecular weight excluding hydrogens is 280 g/mol. The average molecular weight is 295 g/mol. The number of hydrogen-bond acceptors (Lipinski definition) is 4. The van der Waals surface area contributed by atoms with Crippen LogP contribution in [0.15, 0.2) is 23.1 Å². The predicted octanol–water partition coefficient (Wildman–Crippen LogP) is 0.475. The van der Waals surface area contributed by atoms with Gasteiger partial charge in [0, 0.05) is 31.8 Å². The number of nitrogens with one attached hydrogen (secondary N) is 1. The number of alkyl halides is 1. The van der Waals surface area contributed by atoms with Crippen LogP contribution in [0.3, 0.4) is 0 Å². The van der Waals surface area contributed by atoms with Crippen LogP contribution < -0.4 is 10.3 Å². The van der Waals surface area contributed by atoms with Gasteiger partial charge in [0.05, 0.1) is 18.0 Å². The first-order valence-corrected chi connectivity index (χ1v) is 7.43. The van der Waals surface area contributed by atoms with Crippen molar-refractivity contribution in [3.05, 3.63) is 28.7 Å². The van der Waals surface area contributed by atoms with Gasteiger partial charge in [-0.15, -0.1) is 11.6 Å². The molecule has 102 valence electrons. The van der Waals surface area contributed by atoms with Crippen molar-refractivity contribution in [2.45, 2.75) is 6.54 Å². The van der Waals surface area contributed by atoms with E-state index >= 15 is 0 Å². The molecule has 0 radical (unpaired) electrons. The number of sulfonamides is 1. The highest BCUT2D eigenvalue weighted by atomic mass is 35.5. The number of hydrogen-bond donors (Lipinski definition) is 1. The average Bonchev–Trinajstić information content (AvgIpc) is 2.29. The first kappa shape index (κ1) is 15.0. The third-order valence-electron chi connectivity index (χ3n) is 2.14. The molecule has 6 nitrogen and oxygen atoms in total. The Bertz CT molecular complexity index is 541. The van der Waals surface area contributed by atoms with Crippen molar-refractivity contribution in [1.29, 1.82) is 0 Å². The highest BCUT2D eigenvalue weighted by Gasteiger charge is 2.09. The molecule has 0 atom stereocenters. The van der Waals surface area contributed by atoms with E-state index in [1.165, 1.54) is 30.0 Å². The van der Waals surface area contributed by atoms with E-state index in [0.29, 0.717) is 18.8 Å². The molecule has 8 heteroatoms. The van der Waals surface area contributed by atoms with Crippen LogP contribution in [-0.2, 0) is 21.3 Å². The van der Waals surface area contributed by atoms with Crippen molar-refractivity contribution < 1.29 is 13.2 Å². The lowest BCUT2D eigenvalue weighted by Gasteiger charge is -2.09. The molecule has 1 rings (SSSR count). The summed E-state index contributed by atoms with van der Waals surface area (Å²) >= 11 is 5.39. The van der Waals surface area contributed by atoms with E-state index in [9.17, 15) is 13.2 Å². The zero-order valence-corrected chi connectivity index (χ0v) is 11.5. The van der Waals surface area contributed by atoms with Crippen molar-refractivity contribution in [3.8, 4) is 0 Å². The maximum Gasteiger partial charge on any atom is 0.250 e. The Morgan fingerprint density at radius 1 is 1.44 bits per heavy atom. The summed E-state index contributed by atoms with van der Waals surface area (Å²) in [6, 6.07) is 2.71. The lowest BCUT2D eigenvalue weighted by molar-refractivity contribution is 0.186. The Kier molecular flexibility index (Phi) is 5.64. The zero-order valence-electron chi connectivity index (χ0n) is 9.93. The maximum absolute atomic E-state index is 11.5. The van der Waals surface area contributed by atoms with Gasteiger partial charge in [0.2, 0.25) is 10.0 Å². The number of nitrogens with zero attached hydrogens (tertiary/aromatic N) is 1. The Labute approximate surface area is 111 Å². The van der Waals surface area contributed by atoms with Gasteiger partial charge in [0.25, 0.3) is 5.56 Å². The SMILES string of the molecule is COCCn1cc(NS(=O)(=O)CCCl)ccc1=O. The Morgan fingerprint density at radius 2 is 2.17 bits per heavy atom. The van der Waals surface area contributed by atoms with E-state index in [1.807, 2.05) is 0 Å². The van der Waals surface area contributed by atoms with Crippen molar-refractivity contribution in [3.63, 3.8) is 0 Å². The highest BCUT2D eigenvalue weighted by molar-refractivity contribution is 7.92. The number of halogens is 1. The number of methoxy groups -OCH3 is 1. The van der Waals surface area contributed by atoms with Gasteiger partial charge in [-0.3, -0.25) is 9.52 Å². The quantitative estimate of drug-likeness (QED) is 0.742. The van der Waals surface area contributed by atoms with Gasteiger partial charge in [0.1, 0.15) is 0 Å². The molecule has 0 aliphatic rings. The van der Waals surface area contributed by atoms with Gasteiger partial charge in [-0.2, -0.15) is 0 Å². The van der Waals surface area contributed by atoms with E-state index < -0.39 is 10.0 Å². The van der Waals surface area contributed by atoms with Gasteiger partial charge in [-0.05, 0) is 6.07 Å². The fourth-order valence-electron chi connectivity index (χ4n) is 1.29. The molecule has 1 heterocycles. The fourth-order valence-corrected chi connectivity index (χ4v) is 2.68. The maximum atomic E-state index is 11.5. The van der Waals surface area contributed by atoms with Crippen LogP contribution in [0.4, 0.5) is 5.69 Å². The first-order valence-electron chi connectivity index (χ1n) is 5.24. The largest absolute Gasteiger partial charge is 0.383 e. The molecular formula is C10H15ClN2O4S. The predicted molar refractivity (Wildman–Crippen MR) is 70.7 cm³/mol. The summed E-state index contributed by atoms with van der Waals surface area (Å²) in [5.74, 6) is -0.162. The summed E-state index contributed by atoms with van der Waals surface area (Å²) in [5, 5.41) is 0. The summed E-state index contributed by atoms with van der Waals surface area (Å²) in [6.45, 7) is 0.734. The van der Waals surface area contributed by atoms with E-state index in [4.69, 9.17) is 16.3 Å². The lowest BCUT2D eigenvalue weighted by atomic mass is 10.4. The van der Waals surface area contributed by atoms with E-state index in [0.717, 1.165) is 0 Å². The minimum atomic E-state index is -3.46. The van der Waals surface area contributed by atoms with E-state index in [2.05, 4.69) is 4.72 Å². The zero-order chi connectivity index (χ0) is 13.6. The first-order chi connectivity index (χ1) is 8.48. The molecule has 1 aromatic heterocycles. The number of anilines is 1. The van der Waals surface area contributed by atoms with Gasteiger partial charge in [-0.1, -0.05) is 0 Å². The van der Waals surface area contributed by atoms with Crippen molar-refractivity contribution >= 4 is 27.3 Å². The van der Waals surface area contributed by atoms with Gasteiger partial charge in [0.15, 0.2) is 0 Å². The van der Waals surface area contributed by atoms with Crippen molar-refractivity contribution in [1.82, 2.24) is 4.57 Å². The number of pyridine rings is 1. The molecule has 0 aliphatic heterocycles. The molecule has 0 bridgehead atoms. The lowest BCUT2D eigenvalue weighted by Crippen LogP contribution is -2.23. The molecule has 0 saturated heterocycles. The second kappa shape index (κ2) is 6.77. The Morgan fingerprint density at radius 3 is 2.78 bits per heavy atom. The normalized spacial score (nSPS) is 11.4. The van der Waals surface area contributed by atoms with Crippen molar-refractivity contribution in [2.75, 3.05) is 30.1 Å². The van der Waals surface area contributed by atoms with Crippen molar-refractivity contribution in [2.24, 2.45) is 0 Å². The van der Waals surface area contributed by atoms with Gasteiger partial charge >= 0.3 is 0 Å². The third-order valence-corrected chi connectivity index (χ3v) is 3.84. The smallest absolute Gasteiger partial charge is 0.250 e. The van der Waals surface area contributed by atoms with Crippen LogP contribution in [0.25, 0.3) is 0 Å². The third kappa shape index (κ3) is 4.67. The monoisotopic (exact) mass is 294 g/mol. The van der Waals surface area contributed by atoms with E-state index in [-0.39, 0.29) is 17.2 Å². The van der Waals surface area contributed by atoms with E-state index in [1.54, 1.807) is 0 Å². The van der Waals surface area contributed by atoms with Crippen LogP contribution in [0.2, 0.25) is 0 Å². The minimum Gasteiger partial charge on any atom is -0.383 e. The number of aromatic nitrogens is 1. The summed E-state index contributed by atoms with van der Waals surface area (Å²) in [7, 11) is -1.94. The topological polar surface area (TPSA) is 77.4 Å². The minimum absolute atomic E-state index is 0.0125. The van der Waals surface area contributed by atoms with Crippen LogP contribution in [-0.4, -0.2) is 38.3 Å². The van der Waals surface area contributed by atoms with Crippen LogP contribution in [0, 0.1) is 0 Å². The molecule has 0 fully saturated rings. The second-order valence-electron chi connectivity index (χ2n) is 3.55. The molecule has 0 spiro atoms. The second-order valence-corrected chi connectivity index (χ2v) is 5.77. The summed E-state index contributed by atoms with van der Waals surface area (Å²) in [6.07, 6.45) is 1.44. The molecule has 0 aromatic carbocycles. The molecule has 1 N–H and O–H groups in total. The molecule has 18 heavy (non-hydrogen) atoms. The van der Waals surface area contributed by atoms with Gasteiger partial charge in [-0.25, -0.2) is 8.42 Å². The van der Waals surface area contributed by atoms with Gasteiger partial charge < -0.3 is 9.30 Å². The summed E-state index contributed by atoms with van der Waals surface area (Å²) in [4.78, 5) is 11.5. The Balaban J connectivity index is 2.88. The molecule has 0 saturated carbocycles. The molecule has 1 aromatic rings. The number of rotatable bonds is 7. The summed E-state index contributed by atoms with van der Waals surface area (Å²) < 4.78 is 31.6. The van der Waals surface area contributed by atoms with Crippen LogP contribution >= 0.6 is 11.6 Å². The van der Waals surface area contributed by atoms with Crippen LogP contribution in [0.5, 0.6) is 0 Å². The highest BCUT2D eigenvalue weighted by Crippen LogP contribution is 2.06. The number of ether oxygens (including phenoxy) is 1. The summed E-state index contributed by atoms with van der Waals surface area (Å²) in [5.41, 5.74) is 0.114. The molecule has 0 unspecified atom stereocenters. The molecule has 0 amide bonds. The molecule has 0 aliphatic carbocycles. The van der Waals surface area contributed by atoms with Crippen LogP contribution in [0.1, 0.15) is 0 Å². The Hall–Kier alpha value is -1.05.